The molecule has 3 aromatic heterocycles. The summed E-state index contributed by atoms with van der Waals surface area (Å²) in [6.45, 7) is 4.71. The number of methoxy groups -OCH3 is 1. The summed E-state index contributed by atoms with van der Waals surface area (Å²) in [6, 6.07) is 12.1. The maximum Gasteiger partial charge on any atom is 0.251 e. The van der Waals surface area contributed by atoms with Crippen molar-refractivity contribution < 1.29 is 9.53 Å². The number of likely N-dealkylation sites (tertiary alicyclic amines) is 1. The maximum atomic E-state index is 12.9. The number of aromatic nitrogens is 1. The van der Waals surface area contributed by atoms with Crippen LogP contribution in [0.5, 0.6) is 0 Å². The van der Waals surface area contributed by atoms with Gasteiger partial charge in [-0.15, -0.1) is 22.7 Å². The molecule has 7 nitrogen and oxygen atoms in total. The summed E-state index contributed by atoms with van der Waals surface area (Å²) in [7, 11) is 1.64. The van der Waals surface area contributed by atoms with E-state index in [-0.39, 0.29) is 11.1 Å². The van der Waals surface area contributed by atoms with Gasteiger partial charge in [-0.05, 0) is 55.1 Å². The highest BCUT2D eigenvalue weighted by atomic mass is 32.1. The van der Waals surface area contributed by atoms with E-state index < -0.39 is 5.91 Å². The second-order valence-corrected chi connectivity index (χ2v) is 11.2. The van der Waals surface area contributed by atoms with Crippen LogP contribution in [-0.4, -0.2) is 48.2 Å². The summed E-state index contributed by atoms with van der Waals surface area (Å²) in [5, 5.41) is 6.58. The number of piperidine rings is 1. The summed E-state index contributed by atoms with van der Waals surface area (Å²) < 4.78 is 9.77. The van der Waals surface area contributed by atoms with Gasteiger partial charge in [0.1, 0.15) is 0 Å². The molecule has 0 aliphatic carbocycles. The van der Waals surface area contributed by atoms with Crippen LogP contribution in [0.25, 0.3) is 20.3 Å². The number of benzene rings is 1. The number of nitrogens with zero attached hydrogens (tertiary/aromatic N) is 2. The van der Waals surface area contributed by atoms with Gasteiger partial charge < -0.3 is 25.3 Å². The maximum absolute atomic E-state index is 12.9. The van der Waals surface area contributed by atoms with E-state index in [4.69, 9.17) is 10.5 Å². The molecule has 4 aromatic rings. The van der Waals surface area contributed by atoms with Crippen LogP contribution in [0.3, 0.4) is 0 Å². The van der Waals surface area contributed by atoms with Crippen LogP contribution in [-0.2, 0) is 24.4 Å². The van der Waals surface area contributed by atoms with E-state index in [9.17, 15) is 9.59 Å². The molecule has 1 fully saturated rings. The number of hydrogen-bond donors (Lipinski definition) is 2. The van der Waals surface area contributed by atoms with Crippen LogP contribution in [0, 0.1) is 0 Å². The monoisotopic (exact) mass is 510 g/mol. The Kier molecular flexibility index (Phi) is 7.31. The number of nitrogens with two attached hydrogens (primary N) is 1. The number of ether oxygens (including phenoxy) is 1. The number of nitrogens with one attached hydrogen (secondary N) is 1. The molecule has 0 saturated carbocycles. The summed E-state index contributed by atoms with van der Waals surface area (Å²) in [5.41, 5.74) is 7.30. The van der Waals surface area contributed by atoms with Gasteiger partial charge in [-0.3, -0.25) is 9.59 Å². The van der Waals surface area contributed by atoms with Gasteiger partial charge in [-0.1, -0.05) is 12.1 Å². The quantitative estimate of drug-likeness (QED) is 0.358. The fraction of sp³-hybridized carbons (Fsp3) is 0.385. The molecule has 184 valence electrons. The molecule has 1 aliphatic heterocycles. The third-order valence-corrected chi connectivity index (χ3v) is 8.83. The van der Waals surface area contributed by atoms with Crippen molar-refractivity contribution in [3.05, 3.63) is 68.1 Å². The Morgan fingerprint density at radius 1 is 1.14 bits per heavy atom. The topological polar surface area (TPSA) is 89.6 Å². The minimum Gasteiger partial charge on any atom is -0.380 e. The molecule has 0 bridgehead atoms. The van der Waals surface area contributed by atoms with Crippen LogP contribution < -0.4 is 16.6 Å². The van der Waals surface area contributed by atoms with Crippen molar-refractivity contribution >= 4 is 48.9 Å². The lowest BCUT2D eigenvalue weighted by atomic mass is 10.0. The van der Waals surface area contributed by atoms with Crippen molar-refractivity contribution in [1.29, 1.82) is 0 Å². The predicted molar refractivity (Wildman–Crippen MR) is 143 cm³/mol. The van der Waals surface area contributed by atoms with E-state index in [2.05, 4.69) is 27.7 Å². The van der Waals surface area contributed by atoms with E-state index in [0.29, 0.717) is 24.6 Å². The van der Waals surface area contributed by atoms with Crippen molar-refractivity contribution in [2.45, 2.75) is 38.6 Å². The lowest BCUT2D eigenvalue weighted by molar-refractivity contribution is 0.100. The Bertz CT molecular complexity index is 1370. The Morgan fingerprint density at radius 2 is 1.97 bits per heavy atom. The molecule has 1 amide bonds. The zero-order valence-electron chi connectivity index (χ0n) is 19.8. The molecule has 9 heteroatoms. The number of carbonyl (C=O) groups is 1. The van der Waals surface area contributed by atoms with Crippen LogP contribution >= 0.6 is 22.7 Å². The molecule has 0 atom stereocenters. The van der Waals surface area contributed by atoms with Gasteiger partial charge in [0.05, 0.1) is 17.7 Å². The average molecular weight is 511 g/mol. The van der Waals surface area contributed by atoms with Crippen molar-refractivity contribution in [1.82, 2.24) is 14.8 Å². The Morgan fingerprint density at radius 3 is 2.71 bits per heavy atom. The summed E-state index contributed by atoms with van der Waals surface area (Å²) in [6.07, 6.45) is 2.18. The zero-order valence-corrected chi connectivity index (χ0v) is 21.4. The first kappa shape index (κ1) is 24.1. The molecule has 0 radical (unpaired) electrons. The third kappa shape index (κ3) is 5.34. The fourth-order valence-electron chi connectivity index (χ4n) is 4.87. The van der Waals surface area contributed by atoms with Gasteiger partial charge in [0.15, 0.2) is 0 Å². The summed E-state index contributed by atoms with van der Waals surface area (Å²) in [5.74, 6) is -0.587. The smallest absolute Gasteiger partial charge is 0.251 e. The molecule has 1 saturated heterocycles. The highest BCUT2D eigenvalue weighted by Crippen LogP contribution is 2.30. The first-order chi connectivity index (χ1) is 17.0. The molecule has 5 rings (SSSR count). The van der Waals surface area contributed by atoms with Gasteiger partial charge >= 0.3 is 0 Å². The van der Waals surface area contributed by atoms with Crippen molar-refractivity contribution in [3.8, 4) is 0 Å². The van der Waals surface area contributed by atoms with E-state index in [1.54, 1.807) is 23.0 Å². The van der Waals surface area contributed by atoms with Gasteiger partial charge in [-0.2, -0.15) is 0 Å². The first-order valence-corrected chi connectivity index (χ1v) is 13.6. The van der Waals surface area contributed by atoms with E-state index in [1.165, 1.54) is 20.3 Å². The van der Waals surface area contributed by atoms with Crippen LogP contribution in [0.1, 0.15) is 33.6 Å². The third-order valence-electron chi connectivity index (χ3n) is 6.74. The lowest BCUT2D eigenvalue weighted by Gasteiger charge is -2.32. The molecular formula is C26H30N4O3S2. The standard InChI is InChI=1S/C26H30N4O3S2/c1-33-16-17-2-3-20-21(26(27)32)14-25(31)30(22(20)12-17)10-9-29-7-4-18(5-8-29)28-15-19-13-24-23(35-19)6-11-34-24/h2-3,6,11-14,18,28H,4-5,7-10,15-16H2,1H3,(H2,27,32). The fourth-order valence-corrected chi connectivity index (χ4v) is 6.95. The van der Waals surface area contributed by atoms with Crippen LogP contribution in [0.15, 0.2) is 46.6 Å². The summed E-state index contributed by atoms with van der Waals surface area (Å²) >= 11 is 3.68. The van der Waals surface area contributed by atoms with Crippen LogP contribution in [0.4, 0.5) is 0 Å². The number of fused-ring (bicyclic) bond motifs is 2. The molecule has 0 unspecified atom stereocenters. The normalized spacial score (nSPS) is 15.3. The molecular weight excluding hydrogens is 480 g/mol. The molecule has 35 heavy (non-hydrogen) atoms. The number of thiophene rings is 2. The number of rotatable bonds is 9. The zero-order chi connectivity index (χ0) is 24.4. The van der Waals surface area contributed by atoms with Gasteiger partial charge in [-0.25, -0.2) is 0 Å². The summed E-state index contributed by atoms with van der Waals surface area (Å²) in [4.78, 5) is 28.7. The Balaban J connectivity index is 1.21. The highest BCUT2D eigenvalue weighted by Gasteiger charge is 2.20. The number of hydrogen-bond acceptors (Lipinski definition) is 7. The second-order valence-electron chi connectivity index (χ2n) is 9.06. The number of carbonyl (C=O) groups excluding carboxylic acids is 1. The van der Waals surface area contributed by atoms with Gasteiger partial charge in [0.2, 0.25) is 5.91 Å². The van der Waals surface area contributed by atoms with Gasteiger partial charge in [0, 0.05) is 58.5 Å². The SMILES string of the molecule is COCc1ccc2c(C(N)=O)cc(=O)n(CCN3CCC(NCc4cc5sccc5s4)CC3)c2c1. The lowest BCUT2D eigenvalue weighted by Crippen LogP contribution is -2.43. The molecule has 1 aromatic carbocycles. The van der Waals surface area contributed by atoms with Crippen molar-refractivity contribution in [2.75, 3.05) is 26.7 Å². The molecule has 1 aliphatic rings. The van der Waals surface area contributed by atoms with E-state index in [0.717, 1.165) is 50.1 Å². The molecule has 3 N–H and O–H groups in total. The average Bonchev–Trinajstić information content (AvgIpc) is 3.45. The van der Waals surface area contributed by atoms with Crippen molar-refractivity contribution in [3.63, 3.8) is 0 Å². The van der Waals surface area contributed by atoms with Crippen molar-refractivity contribution in [2.24, 2.45) is 5.73 Å². The molecule has 4 heterocycles. The van der Waals surface area contributed by atoms with E-state index >= 15 is 0 Å². The predicted octanol–water partition coefficient (Wildman–Crippen LogP) is 3.78. The number of primary amides is 1. The minimum atomic E-state index is -0.587. The highest BCUT2D eigenvalue weighted by molar-refractivity contribution is 7.26. The number of amides is 1. The van der Waals surface area contributed by atoms with Crippen LogP contribution in [0.2, 0.25) is 0 Å². The largest absolute Gasteiger partial charge is 0.380 e. The minimum absolute atomic E-state index is 0.201. The first-order valence-electron chi connectivity index (χ1n) is 11.9. The van der Waals surface area contributed by atoms with E-state index in [1.807, 2.05) is 29.5 Å². The molecule has 0 spiro atoms. The second kappa shape index (κ2) is 10.6. The van der Waals surface area contributed by atoms with Gasteiger partial charge in [0.25, 0.3) is 5.56 Å². The Labute approximate surface area is 212 Å². The Hall–Kier alpha value is -2.56. The number of pyridine rings is 1.